The summed E-state index contributed by atoms with van der Waals surface area (Å²) in [5.74, 6) is 0.419. The van der Waals surface area contributed by atoms with E-state index in [0.29, 0.717) is 22.6 Å². The van der Waals surface area contributed by atoms with E-state index in [2.05, 4.69) is 12.1 Å². The topological polar surface area (TPSA) is 52.6 Å². The van der Waals surface area contributed by atoms with Gasteiger partial charge in [0.25, 0.3) is 0 Å². The van der Waals surface area contributed by atoms with Crippen LogP contribution in [0.2, 0.25) is 0 Å². The fraction of sp³-hybridized carbons (Fsp3) is 0.150. The summed E-state index contributed by atoms with van der Waals surface area (Å²) >= 11 is 0. The number of carbonyl (C=O) groups is 2. The van der Waals surface area contributed by atoms with Crippen LogP contribution in [0, 0.1) is 0 Å². The number of ether oxygens (including phenoxy) is 2. The molecule has 0 aliphatic heterocycles. The lowest BCUT2D eigenvalue weighted by Crippen LogP contribution is -2.32. The van der Waals surface area contributed by atoms with Gasteiger partial charge in [-0.15, -0.1) is 0 Å². The van der Waals surface area contributed by atoms with Gasteiger partial charge in [0.15, 0.2) is 0 Å². The molecule has 4 nitrogen and oxygen atoms in total. The Hall–Kier alpha value is -5.22. The molecule has 8 rings (SSSR count). The van der Waals surface area contributed by atoms with Gasteiger partial charge in [-0.05, 0) is 101 Å². The first kappa shape index (κ1) is 26.4. The number of benzene rings is 6. The van der Waals surface area contributed by atoms with Crippen molar-refractivity contribution in [3.05, 3.63) is 155 Å². The van der Waals surface area contributed by atoms with Gasteiger partial charge in [0, 0.05) is 16.5 Å². The summed E-state index contributed by atoms with van der Waals surface area (Å²) in [6.07, 6.45) is 4.53. The predicted molar refractivity (Wildman–Crippen MR) is 173 cm³/mol. The molecule has 0 bridgehead atoms. The first-order valence-corrected chi connectivity index (χ1v) is 15.3. The molecule has 1 unspecified atom stereocenters. The normalized spacial score (nSPS) is 16.9. The Balaban J connectivity index is 1.17. The van der Waals surface area contributed by atoms with E-state index >= 15 is 0 Å². The van der Waals surface area contributed by atoms with E-state index in [4.69, 9.17) is 9.47 Å². The summed E-state index contributed by atoms with van der Waals surface area (Å²) in [5.41, 5.74) is 5.08. The van der Waals surface area contributed by atoms with Gasteiger partial charge < -0.3 is 9.47 Å². The van der Waals surface area contributed by atoms with Crippen LogP contribution in [-0.2, 0) is 18.3 Å². The zero-order chi connectivity index (χ0) is 29.7. The second-order valence-corrected chi connectivity index (χ2v) is 11.9. The lowest BCUT2D eigenvalue weighted by molar-refractivity contribution is 0.0725. The molecule has 2 aliphatic carbocycles. The lowest BCUT2D eigenvalue weighted by Gasteiger charge is -2.38. The number of hydrogen-bond acceptors (Lipinski definition) is 4. The Morgan fingerprint density at radius 3 is 1.55 bits per heavy atom. The molecule has 6 aromatic rings. The molecular weight excluding hydrogens is 544 g/mol. The summed E-state index contributed by atoms with van der Waals surface area (Å²) < 4.78 is 12.5. The predicted octanol–water partition coefficient (Wildman–Crippen LogP) is 9.00. The minimum Gasteiger partial charge on any atom is -0.423 e. The maximum atomic E-state index is 13.6. The minimum absolute atomic E-state index is 0.376. The number of esters is 2. The highest BCUT2D eigenvalue weighted by molar-refractivity contribution is 5.97. The van der Waals surface area contributed by atoms with Crippen LogP contribution in [0.25, 0.3) is 21.5 Å². The molecule has 2 aliphatic rings. The van der Waals surface area contributed by atoms with Crippen molar-refractivity contribution in [3.8, 4) is 11.5 Å². The van der Waals surface area contributed by atoms with Crippen molar-refractivity contribution < 1.29 is 19.1 Å². The molecule has 0 saturated carbocycles. The van der Waals surface area contributed by atoms with Crippen molar-refractivity contribution in [2.45, 2.75) is 37.5 Å². The van der Waals surface area contributed by atoms with E-state index in [9.17, 15) is 9.59 Å². The monoisotopic (exact) mass is 574 g/mol. The maximum Gasteiger partial charge on any atom is 0.343 e. The van der Waals surface area contributed by atoms with Crippen LogP contribution in [0.1, 0.15) is 62.2 Å². The van der Waals surface area contributed by atoms with Gasteiger partial charge in [0.1, 0.15) is 11.5 Å². The van der Waals surface area contributed by atoms with Crippen LogP contribution in [0.5, 0.6) is 11.5 Å². The highest BCUT2D eigenvalue weighted by Gasteiger charge is 2.47. The fourth-order valence-electron chi connectivity index (χ4n) is 7.46. The van der Waals surface area contributed by atoms with E-state index in [1.807, 2.05) is 109 Å². The summed E-state index contributed by atoms with van der Waals surface area (Å²) in [7, 11) is 0. The summed E-state index contributed by atoms with van der Waals surface area (Å²) in [6.45, 7) is 0. The number of rotatable bonds is 4. The number of carbonyl (C=O) groups excluding carboxylic acids is 2. The Bertz CT molecular complexity index is 2110. The maximum absolute atomic E-state index is 13.6. The third-order valence-corrected chi connectivity index (χ3v) is 9.43. The van der Waals surface area contributed by atoms with Crippen molar-refractivity contribution in [1.29, 1.82) is 0 Å². The second-order valence-electron chi connectivity index (χ2n) is 11.9. The lowest BCUT2D eigenvalue weighted by atomic mass is 9.66. The Morgan fingerprint density at radius 2 is 1.00 bits per heavy atom. The average Bonchev–Trinajstić information content (AvgIpc) is 3.43. The van der Waals surface area contributed by atoms with Gasteiger partial charge in [0.2, 0.25) is 0 Å². The standard InChI is InChI=1S/C40H30O4/c41-38(32-19-17-26-8-1-3-10-30(26)24-32)43-34-15-5-12-28-14-7-22-40(36(28)34)23-21-29-13-6-16-35(37(29)40)44-39(42)33-20-18-27-9-2-4-11-31(27)25-33/h1-6,8-13,15-20,24-25H,7,14,21-23H2. The van der Waals surface area contributed by atoms with Crippen molar-refractivity contribution in [1.82, 2.24) is 0 Å². The SMILES string of the molecule is O=C(Oc1cccc2c1C1(CCC2)CCc2cccc(OC(=O)c3ccc4ccccc4c3)c21)c1ccc2ccccc2c1. The molecule has 0 saturated heterocycles. The first-order valence-electron chi connectivity index (χ1n) is 15.3. The summed E-state index contributed by atoms with van der Waals surface area (Å²) in [4.78, 5) is 27.1. The van der Waals surface area contributed by atoms with Crippen LogP contribution in [0.4, 0.5) is 0 Å². The van der Waals surface area contributed by atoms with E-state index in [1.165, 1.54) is 11.1 Å². The smallest absolute Gasteiger partial charge is 0.343 e. The largest absolute Gasteiger partial charge is 0.423 e. The molecule has 4 heteroatoms. The number of hydrogen-bond donors (Lipinski definition) is 0. The molecule has 1 atom stereocenters. The summed E-state index contributed by atoms with van der Waals surface area (Å²) in [6, 6.07) is 39.3. The molecule has 0 heterocycles. The molecule has 0 fully saturated rings. The van der Waals surface area contributed by atoms with E-state index in [0.717, 1.165) is 64.8 Å². The third-order valence-electron chi connectivity index (χ3n) is 9.43. The van der Waals surface area contributed by atoms with Crippen LogP contribution >= 0.6 is 0 Å². The quantitative estimate of drug-likeness (QED) is 0.156. The molecule has 214 valence electrons. The van der Waals surface area contributed by atoms with Gasteiger partial charge in [-0.1, -0.05) is 84.9 Å². The minimum atomic E-state index is -0.413. The van der Waals surface area contributed by atoms with Gasteiger partial charge in [-0.2, -0.15) is 0 Å². The van der Waals surface area contributed by atoms with Crippen LogP contribution in [0.3, 0.4) is 0 Å². The zero-order valence-electron chi connectivity index (χ0n) is 24.2. The Labute approximate surface area is 255 Å². The molecule has 0 amide bonds. The highest BCUT2D eigenvalue weighted by atomic mass is 16.5. The summed E-state index contributed by atoms with van der Waals surface area (Å²) in [5, 5.41) is 4.15. The van der Waals surface area contributed by atoms with E-state index in [1.54, 1.807) is 0 Å². The van der Waals surface area contributed by atoms with E-state index in [-0.39, 0.29) is 11.9 Å². The zero-order valence-corrected chi connectivity index (χ0v) is 24.2. The molecular formula is C40H30O4. The van der Waals surface area contributed by atoms with Crippen LogP contribution < -0.4 is 9.47 Å². The fourth-order valence-corrected chi connectivity index (χ4v) is 7.46. The third kappa shape index (κ3) is 4.37. The first-order chi connectivity index (χ1) is 21.6. The van der Waals surface area contributed by atoms with Crippen LogP contribution in [-0.4, -0.2) is 11.9 Å². The number of aryl methyl sites for hydroxylation is 2. The number of fused-ring (bicyclic) bond motifs is 6. The van der Waals surface area contributed by atoms with Gasteiger partial charge in [-0.25, -0.2) is 9.59 Å². The Kier molecular flexibility index (Phi) is 6.30. The molecule has 6 aromatic carbocycles. The molecule has 0 N–H and O–H groups in total. The highest BCUT2D eigenvalue weighted by Crippen LogP contribution is 2.56. The van der Waals surface area contributed by atoms with E-state index < -0.39 is 5.41 Å². The van der Waals surface area contributed by atoms with Gasteiger partial charge in [0.05, 0.1) is 11.1 Å². The van der Waals surface area contributed by atoms with Gasteiger partial charge in [-0.3, -0.25) is 0 Å². The van der Waals surface area contributed by atoms with Gasteiger partial charge >= 0.3 is 11.9 Å². The van der Waals surface area contributed by atoms with Crippen molar-refractivity contribution in [2.24, 2.45) is 0 Å². The Morgan fingerprint density at radius 1 is 0.500 bits per heavy atom. The second kappa shape index (κ2) is 10.5. The molecule has 44 heavy (non-hydrogen) atoms. The van der Waals surface area contributed by atoms with Crippen molar-refractivity contribution in [3.63, 3.8) is 0 Å². The molecule has 0 aromatic heterocycles. The molecule has 1 spiro atoms. The van der Waals surface area contributed by atoms with Crippen molar-refractivity contribution >= 4 is 33.5 Å². The van der Waals surface area contributed by atoms with Crippen molar-refractivity contribution in [2.75, 3.05) is 0 Å². The van der Waals surface area contributed by atoms with Crippen LogP contribution in [0.15, 0.2) is 121 Å². The average molecular weight is 575 g/mol. The molecule has 0 radical (unpaired) electrons.